The van der Waals surface area contributed by atoms with Gasteiger partial charge in [-0.1, -0.05) is 0 Å². The van der Waals surface area contributed by atoms with Crippen LogP contribution in [0.4, 0.5) is 0 Å². The average molecular weight is 228 g/mol. The lowest BCUT2D eigenvalue weighted by Crippen LogP contribution is -2.12. The van der Waals surface area contributed by atoms with Gasteiger partial charge in [0, 0.05) is 12.7 Å². The van der Waals surface area contributed by atoms with Gasteiger partial charge in [0.2, 0.25) is 5.43 Å². The lowest BCUT2D eigenvalue weighted by Gasteiger charge is -2.09. The first-order valence-electron chi connectivity index (χ1n) is 5.32. The molecule has 0 fully saturated rings. The minimum Gasteiger partial charge on any atom is -0.497 e. The zero-order valence-corrected chi connectivity index (χ0v) is 9.73. The number of rotatable bonds is 2. The van der Waals surface area contributed by atoms with E-state index in [9.17, 15) is 4.79 Å². The molecule has 4 heteroatoms. The molecule has 86 valence electrons. The summed E-state index contributed by atoms with van der Waals surface area (Å²) in [6, 6.07) is 7.24. The van der Waals surface area contributed by atoms with Crippen molar-refractivity contribution in [2.24, 2.45) is 0 Å². The van der Waals surface area contributed by atoms with Gasteiger partial charge in [0.15, 0.2) is 0 Å². The first-order valence-corrected chi connectivity index (χ1v) is 5.32. The summed E-state index contributed by atoms with van der Waals surface area (Å²) in [4.78, 5) is 12.0. The highest BCUT2D eigenvalue weighted by molar-refractivity contribution is 5.81. The molecule has 0 atom stereocenters. The van der Waals surface area contributed by atoms with E-state index >= 15 is 0 Å². The Kier molecular flexibility index (Phi) is 2.84. The second-order valence-electron chi connectivity index (χ2n) is 3.65. The van der Waals surface area contributed by atoms with Gasteiger partial charge in [0.05, 0.1) is 18.0 Å². The summed E-state index contributed by atoms with van der Waals surface area (Å²) in [6.45, 7) is 2.67. The van der Waals surface area contributed by atoms with Crippen molar-refractivity contribution in [3.8, 4) is 11.8 Å². The number of fused-ring (bicyclic) bond motifs is 1. The van der Waals surface area contributed by atoms with E-state index in [4.69, 9.17) is 10.00 Å². The molecule has 17 heavy (non-hydrogen) atoms. The molecule has 1 heterocycles. The second kappa shape index (κ2) is 4.30. The third-order valence-electron chi connectivity index (χ3n) is 2.75. The third kappa shape index (κ3) is 1.76. The van der Waals surface area contributed by atoms with Gasteiger partial charge in [-0.05, 0) is 25.1 Å². The normalized spacial score (nSPS) is 10.2. The van der Waals surface area contributed by atoms with E-state index in [0.717, 1.165) is 5.52 Å². The minimum atomic E-state index is -0.244. The Labute approximate surface area is 98.7 Å². The molecular weight excluding hydrogens is 216 g/mol. The lowest BCUT2D eigenvalue weighted by atomic mass is 10.1. The Morgan fingerprint density at radius 3 is 2.82 bits per heavy atom. The van der Waals surface area contributed by atoms with Gasteiger partial charge >= 0.3 is 0 Å². The van der Waals surface area contributed by atoms with E-state index in [1.165, 1.54) is 0 Å². The maximum Gasteiger partial charge on any atom is 0.207 e. The van der Waals surface area contributed by atoms with Crippen LogP contribution in [0.3, 0.4) is 0 Å². The maximum absolute atomic E-state index is 12.0. The zero-order valence-electron chi connectivity index (χ0n) is 9.73. The predicted octanol–water partition coefficient (Wildman–Crippen LogP) is 1.90. The summed E-state index contributed by atoms with van der Waals surface area (Å²) in [5.41, 5.74) is 0.732. The Morgan fingerprint density at radius 2 is 2.24 bits per heavy atom. The van der Waals surface area contributed by atoms with Crippen molar-refractivity contribution < 1.29 is 4.74 Å². The Balaban J connectivity index is 2.91. The number of hydrogen-bond donors (Lipinski definition) is 0. The highest BCUT2D eigenvalue weighted by Gasteiger charge is 2.08. The average Bonchev–Trinajstić information content (AvgIpc) is 2.39. The standard InChI is InChI=1S/C13H12N2O2/c1-3-15-8-9(7-14)13(16)11-6-10(17-2)4-5-12(11)15/h4-6,8H,3H2,1-2H3. The van der Waals surface area contributed by atoms with E-state index in [2.05, 4.69) is 0 Å². The summed E-state index contributed by atoms with van der Waals surface area (Å²) < 4.78 is 6.98. The number of ether oxygens (including phenoxy) is 1. The van der Waals surface area contributed by atoms with Crippen molar-refractivity contribution in [3.63, 3.8) is 0 Å². The van der Waals surface area contributed by atoms with Gasteiger partial charge < -0.3 is 9.30 Å². The fraction of sp³-hybridized carbons (Fsp3) is 0.231. The molecule has 4 nitrogen and oxygen atoms in total. The van der Waals surface area contributed by atoms with Crippen LogP contribution < -0.4 is 10.2 Å². The molecule has 0 unspecified atom stereocenters. The molecule has 2 aromatic rings. The quantitative estimate of drug-likeness (QED) is 0.788. The van der Waals surface area contributed by atoms with Crippen LogP contribution >= 0.6 is 0 Å². The van der Waals surface area contributed by atoms with E-state index in [1.54, 1.807) is 25.4 Å². The largest absolute Gasteiger partial charge is 0.497 e. The summed E-state index contributed by atoms with van der Waals surface area (Å²) >= 11 is 0. The first-order chi connectivity index (χ1) is 8.21. The lowest BCUT2D eigenvalue weighted by molar-refractivity contribution is 0.415. The molecule has 0 aliphatic heterocycles. The minimum absolute atomic E-state index is 0.160. The van der Waals surface area contributed by atoms with Crippen LogP contribution in [0.15, 0.2) is 29.2 Å². The summed E-state index contributed by atoms with van der Waals surface area (Å²) in [5, 5.41) is 9.45. The van der Waals surface area contributed by atoms with Gasteiger partial charge in [0.25, 0.3) is 0 Å². The molecule has 1 aromatic heterocycles. The van der Waals surface area contributed by atoms with E-state index < -0.39 is 0 Å². The molecule has 0 spiro atoms. The monoisotopic (exact) mass is 228 g/mol. The van der Waals surface area contributed by atoms with Crippen LogP contribution in [0.25, 0.3) is 10.9 Å². The molecule has 0 saturated carbocycles. The zero-order chi connectivity index (χ0) is 12.4. The topological polar surface area (TPSA) is 55.0 Å². The van der Waals surface area contributed by atoms with Crippen LogP contribution in [0.2, 0.25) is 0 Å². The van der Waals surface area contributed by atoms with Gasteiger partial charge in [0.1, 0.15) is 17.4 Å². The number of nitriles is 1. The number of nitrogens with zero attached hydrogens (tertiary/aromatic N) is 2. The SMILES string of the molecule is CCn1cc(C#N)c(=O)c2cc(OC)ccc21. The molecule has 0 radical (unpaired) electrons. The van der Waals surface area contributed by atoms with Crippen LogP contribution in [0.5, 0.6) is 5.75 Å². The molecule has 0 N–H and O–H groups in total. The number of aryl methyl sites for hydroxylation is 1. The molecule has 0 aliphatic rings. The smallest absolute Gasteiger partial charge is 0.207 e. The highest BCUT2D eigenvalue weighted by Crippen LogP contribution is 2.18. The Hall–Kier alpha value is -2.28. The second-order valence-corrected chi connectivity index (χ2v) is 3.65. The molecule has 0 bridgehead atoms. The van der Waals surface area contributed by atoms with Crippen LogP contribution in [0, 0.1) is 11.3 Å². The molecular formula is C13H12N2O2. The van der Waals surface area contributed by atoms with Gasteiger partial charge in [-0.3, -0.25) is 4.79 Å². The van der Waals surface area contributed by atoms with Gasteiger partial charge in [-0.25, -0.2) is 0 Å². The van der Waals surface area contributed by atoms with Gasteiger partial charge in [-0.15, -0.1) is 0 Å². The highest BCUT2D eigenvalue weighted by atomic mass is 16.5. The van der Waals surface area contributed by atoms with Crippen LogP contribution in [-0.2, 0) is 6.54 Å². The molecule has 0 aliphatic carbocycles. The third-order valence-corrected chi connectivity index (χ3v) is 2.75. The van der Waals surface area contributed by atoms with Gasteiger partial charge in [-0.2, -0.15) is 5.26 Å². The molecule has 2 rings (SSSR count). The van der Waals surface area contributed by atoms with Crippen LogP contribution in [-0.4, -0.2) is 11.7 Å². The van der Waals surface area contributed by atoms with Crippen molar-refractivity contribution in [2.45, 2.75) is 13.5 Å². The summed E-state index contributed by atoms with van der Waals surface area (Å²) in [7, 11) is 1.55. The first kappa shape index (κ1) is 11.2. The number of hydrogen-bond acceptors (Lipinski definition) is 3. The fourth-order valence-corrected chi connectivity index (χ4v) is 1.84. The van der Waals surface area contributed by atoms with Crippen molar-refractivity contribution in [3.05, 3.63) is 40.2 Å². The predicted molar refractivity (Wildman–Crippen MR) is 65.1 cm³/mol. The number of benzene rings is 1. The molecule has 1 aromatic carbocycles. The number of pyridine rings is 1. The Bertz CT molecular complexity index is 665. The van der Waals surface area contributed by atoms with E-state index in [0.29, 0.717) is 17.7 Å². The molecule has 0 amide bonds. The summed E-state index contributed by atoms with van der Waals surface area (Å²) in [6.07, 6.45) is 1.59. The van der Waals surface area contributed by atoms with E-state index in [1.807, 2.05) is 23.6 Å². The number of aromatic nitrogens is 1. The van der Waals surface area contributed by atoms with E-state index in [-0.39, 0.29) is 11.0 Å². The van der Waals surface area contributed by atoms with Crippen molar-refractivity contribution in [1.82, 2.24) is 4.57 Å². The summed E-state index contributed by atoms with van der Waals surface area (Å²) in [5.74, 6) is 0.618. The van der Waals surface area contributed by atoms with Crippen molar-refractivity contribution >= 4 is 10.9 Å². The number of methoxy groups -OCH3 is 1. The van der Waals surface area contributed by atoms with Crippen molar-refractivity contribution in [2.75, 3.05) is 7.11 Å². The van der Waals surface area contributed by atoms with Crippen LogP contribution in [0.1, 0.15) is 12.5 Å². The maximum atomic E-state index is 12.0. The molecule has 0 saturated heterocycles. The Morgan fingerprint density at radius 1 is 1.47 bits per heavy atom. The van der Waals surface area contributed by atoms with Crippen molar-refractivity contribution in [1.29, 1.82) is 5.26 Å². The fourth-order valence-electron chi connectivity index (χ4n) is 1.84.